The largest absolute Gasteiger partial charge is 0.274 e. The van der Waals surface area contributed by atoms with Gasteiger partial charge in [0.15, 0.2) is 0 Å². The summed E-state index contributed by atoms with van der Waals surface area (Å²) < 4.78 is 0. The zero-order valence-corrected chi connectivity index (χ0v) is 20.3. The van der Waals surface area contributed by atoms with E-state index in [0.717, 1.165) is 28.8 Å². The molecule has 3 nitrogen and oxygen atoms in total. The maximum atomic E-state index is 14.2. The topological polar surface area (TPSA) is 37.4 Å². The average Bonchev–Trinajstić information content (AvgIpc) is 3.15. The second kappa shape index (κ2) is 7.85. The number of likely N-dealkylation sites (tertiary alicyclic amines) is 1. The number of piperidine rings is 1. The Morgan fingerprint density at radius 3 is 1.61 bits per heavy atom. The van der Waals surface area contributed by atoms with Crippen LogP contribution in [0.1, 0.15) is 33.6 Å². The summed E-state index contributed by atoms with van der Waals surface area (Å²) in [5, 5.41) is 3.32. The standard InChI is InChI=1S/C29H30NO2P/c1-28(2)25-19-20-29(28,3)30(27(25)32)26(31)21-33(22-13-7-4-8-14-22,23-15-9-5-10-16-23)24-17-11-6-12-18-24/h4-18,21,25H,19-20H2,1-3H3. The first-order valence-corrected chi connectivity index (χ1v) is 13.5. The minimum Gasteiger partial charge on any atom is -0.274 e. The van der Waals surface area contributed by atoms with Gasteiger partial charge in [0.1, 0.15) is 0 Å². The van der Waals surface area contributed by atoms with Gasteiger partial charge in [0.05, 0.1) is 5.54 Å². The lowest BCUT2D eigenvalue weighted by molar-refractivity contribution is -0.146. The third-order valence-electron chi connectivity index (χ3n) is 8.21. The van der Waals surface area contributed by atoms with Crippen LogP contribution < -0.4 is 15.9 Å². The molecular weight excluding hydrogens is 425 g/mol. The number of imide groups is 1. The van der Waals surface area contributed by atoms with Gasteiger partial charge in [-0.3, -0.25) is 14.5 Å². The Balaban J connectivity index is 1.79. The molecule has 0 N–H and O–H groups in total. The quantitative estimate of drug-likeness (QED) is 0.549. The summed E-state index contributed by atoms with van der Waals surface area (Å²) in [5.41, 5.74) is -0.678. The lowest BCUT2D eigenvalue weighted by atomic mass is 9.75. The number of hydrogen-bond acceptors (Lipinski definition) is 2. The van der Waals surface area contributed by atoms with E-state index in [1.807, 2.05) is 60.4 Å². The van der Waals surface area contributed by atoms with Gasteiger partial charge in [0.2, 0.25) is 5.91 Å². The first-order chi connectivity index (χ1) is 15.8. The summed E-state index contributed by atoms with van der Waals surface area (Å²) in [4.78, 5) is 29.2. The Morgan fingerprint density at radius 1 is 0.818 bits per heavy atom. The van der Waals surface area contributed by atoms with Crippen LogP contribution in [-0.4, -0.2) is 28.0 Å². The second-order valence-electron chi connectivity index (χ2n) is 9.96. The van der Waals surface area contributed by atoms with Crippen molar-refractivity contribution in [2.75, 3.05) is 0 Å². The van der Waals surface area contributed by atoms with Crippen LogP contribution >= 0.6 is 6.89 Å². The minimum absolute atomic E-state index is 0.0118. The zero-order chi connectivity index (χ0) is 23.3. The van der Waals surface area contributed by atoms with Gasteiger partial charge in [-0.15, -0.1) is 0 Å². The number of carbonyl (C=O) groups excluding carboxylic acids is 2. The number of carbonyl (C=O) groups is 2. The third kappa shape index (κ3) is 3.09. The van der Waals surface area contributed by atoms with E-state index in [2.05, 4.69) is 57.2 Å². The number of rotatable bonds is 4. The normalized spacial score (nSPS) is 23.5. The SMILES string of the molecule is CC1(C)C2CCC1(C)N(C(=O)C=P(c1ccccc1)(c1ccccc1)c1ccccc1)C2=O. The summed E-state index contributed by atoms with van der Waals surface area (Å²) in [5.74, 6) is 1.63. The summed E-state index contributed by atoms with van der Waals surface area (Å²) in [7, 11) is 0. The van der Waals surface area contributed by atoms with Gasteiger partial charge in [-0.2, -0.15) is 0 Å². The van der Waals surface area contributed by atoms with Crippen molar-refractivity contribution in [3.05, 3.63) is 91.0 Å². The van der Waals surface area contributed by atoms with Gasteiger partial charge < -0.3 is 0 Å². The fourth-order valence-electron chi connectivity index (χ4n) is 5.95. The molecule has 2 atom stereocenters. The van der Waals surface area contributed by atoms with Gasteiger partial charge in [0.25, 0.3) is 5.91 Å². The highest BCUT2D eigenvalue weighted by molar-refractivity contribution is 7.95. The molecule has 0 aromatic heterocycles. The molecule has 168 valence electrons. The molecule has 1 aliphatic carbocycles. The molecule has 2 bridgehead atoms. The average molecular weight is 456 g/mol. The van der Waals surface area contributed by atoms with E-state index in [4.69, 9.17) is 0 Å². The zero-order valence-electron chi connectivity index (χ0n) is 19.4. The number of fused-ring (bicyclic) bond motifs is 2. The predicted octanol–water partition coefficient (Wildman–Crippen LogP) is 4.35. The van der Waals surface area contributed by atoms with Crippen molar-refractivity contribution < 1.29 is 9.59 Å². The molecule has 3 aromatic rings. The molecule has 4 heteroatoms. The lowest BCUT2D eigenvalue weighted by Gasteiger charge is -2.40. The molecule has 0 spiro atoms. The number of benzene rings is 3. The first kappa shape index (κ1) is 21.9. The van der Waals surface area contributed by atoms with E-state index < -0.39 is 12.4 Å². The Morgan fingerprint density at radius 2 is 1.24 bits per heavy atom. The van der Waals surface area contributed by atoms with Gasteiger partial charge in [0, 0.05) is 11.7 Å². The highest BCUT2D eigenvalue weighted by Gasteiger charge is 2.66. The van der Waals surface area contributed by atoms with Crippen LogP contribution in [0.25, 0.3) is 0 Å². The van der Waals surface area contributed by atoms with Crippen LogP contribution in [0.4, 0.5) is 0 Å². The molecule has 1 aliphatic heterocycles. The van der Waals surface area contributed by atoms with Gasteiger partial charge in [-0.05, 0) is 48.0 Å². The van der Waals surface area contributed by atoms with Gasteiger partial charge in [-0.25, -0.2) is 0 Å². The molecular formula is C29H30NO2P. The van der Waals surface area contributed by atoms with Crippen molar-refractivity contribution >= 4 is 40.4 Å². The van der Waals surface area contributed by atoms with E-state index >= 15 is 0 Å². The molecule has 2 amide bonds. The molecule has 33 heavy (non-hydrogen) atoms. The van der Waals surface area contributed by atoms with Crippen molar-refractivity contribution in [1.82, 2.24) is 4.90 Å². The van der Waals surface area contributed by atoms with Crippen molar-refractivity contribution in [2.24, 2.45) is 11.3 Å². The predicted molar refractivity (Wildman–Crippen MR) is 138 cm³/mol. The first-order valence-electron chi connectivity index (χ1n) is 11.6. The van der Waals surface area contributed by atoms with Gasteiger partial charge in [-0.1, -0.05) is 105 Å². The molecule has 1 heterocycles. The van der Waals surface area contributed by atoms with Crippen LogP contribution in [0.3, 0.4) is 0 Å². The summed E-state index contributed by atoms with van der Waals surface area (Å²) >= 11 is 0. The molecule has 0 radical (unpaired) electrons. The number of nitrogens with zero attached hydrogens (tertiary/aromatic N) is 1. The van der Waals surface area contributed by atoms with E-state index in [1.54, 1.807) is 4.90 Å². The fraction of sp³-hybridized carbons (Fsp3) is 0.276. The number of hydrogen-bond donors (Lipinski definition) is 0. The Labute approximate surface area is 196 Å². The lowest BCUT2D eigenvalue weighted by Crippen LogP contribution is -2.53. The highest BCUT2D eigenvalue weighted by atomic mass is 31.2. The van der Waals surface area contributed by atoms with E-state index in [-0.39, 0.29) is 23.1 Å². The van der Waals surface area contributed by atoms with Crippen molar-refractivity contribution in [3.8, 4) is 0 Å². The molecule has 2 aliphatic rings. The van der Waals surface area contributed by atoms with Crippen molar-refractivity contribution in [2.45, 2.75) is 39.2 Å². The van der Waals surface area contributed by atoms with Crippen LogP contribution in [-0.2, 0) is 9.59 Å². The summed E-state index contributed by atoms with van der Waals surface area (Å²) in [6.45, 7) is 3.93. The fourth-order valence-corrected chi connectivity index (χ4v) is 9.67. The van der Waals surface area contributed by atoms with Crippen LogP contribution in [0, 0.1) is 11.3 Å². The second-order valence-corrected chi connectivity index (χ2v) is 13.2. The molecule has 5 rings (SSSR count). The Bertz CT molecular complexity index is 1150. The van der Waals surface area contributed by atoms with Crippen LogP contribution in [0.5, 0.6) is 0 Å². The number of amides is 2. The molecule has 2 unspecified atom stereocenters. The smallest absolute Gasteiger partial charge is 0.254 e. The van der Waals surface area contributed by atoms with Crippen molar-refractivity contribution in [3.63, 3.8) is 0 Å². The molecule has 1 saturated carbocycles. The van der Waals surface area contributed by atoms with Crippen LogP contribution in [0.15, 0.2) is 91.0 Å². The molecule has 3 aromatic carbocycles. The van der Waals surface area contributed by atoms with Gasteiger partial charge >= 0.3 is 0 Å². The maximum absolute atomic E-state index is 14.2. The van der Waals surface area contributed by atoms with Crippen LogP contribution in [0.2, 0.25) is 0 Å². The maximum Gasteiger partial charge on any atom is 0.254 e. The van der Waals surface area contributed by atoms with E-state index in [1.165, 1.54) is 0 Å². The Hall–Kier alpha value is -2.90. The third-order valence-corrected chi connectivity index (χ3v) is 12.2. The Kier molecular flexibility index (Phi) is 5.21. The van der Waals surface area contributed by atoms with Crippen molar-refractivity contribution in [1.29, 1.82) is 0 Å². The summed E-state index contributed by atoms with van der Waals surface area (Å²) in [6.07, 6.45) is 1.73. The molecule has 1 saturated heterocycles. The highest BCUT2D eigenvalue weighted by Crippen LogP contribution is 2.59. The van der Waals surface area contributed by atoms with E-state index in [0.29, 0.717) is 0 Å². The summed E-state index contributed by atoms with van der Waals surface area (Å²) in [6, 6.07) is 30.9. The van der Waals surface area contributed by atoms with E-state index in [9.17, 15) is 9.59 Å². The minimum atomic E-state index is -2.45. The molecule has 2 fully saturated rings. The monoisotopic (exact) mass is 455 g/mol.